The molecule has 0 saturated carbocycles. The molecule has 0 rings (SSSR count). The van der Waals surface area contributed by atoms with Gasteiger partial charge in [-0.3, -0.25) is 9.69 Å². The third kappa shape index (κ3) is 7.63. The zero-order chi connectivity index (χ0) is 14.1. The first-order valence-corrected chi connectivity index (χ1v) is 6.70. The Morgan fingerprint density at radius 3 is 2.28 bits per heavy atom. The lowest BCUT2D eigenvalue weighted by atomic mass is 10.1. The fourth-order valence-corrected chi connectivity index (χ4v) is 1.90. The van der Waals surface area contributed by atoms with Gasteiger partial charge in [0.15, 0.2) is 0 Å². The number of nitrogens with two attached hydrogens (primary N) is 1. The maximum atomic E-state index is 11.5. The minimum absolute atomic E-state index is 0.0593. The molecule has 1 amide bonds. The smallest absolute Gasteiger partial charge is 0.221 e. The highest BCUT2D eigenvalue weighted by molar-refractivity contribution is 5.76. The van der Waals surface area contributed by atoms with Crippen LogP contribution in [-0.4, -0.2) is 69.1 Å². The van der Waals surface area contributed by atoms with E-state index in [0.717, 1.165) is 19.6 Å². The molecule has 0 aromatic carbocycles. The second-order valence-electron chi connectivity index (χ2n) is 5.46. The van der Waals surface area contributed by atoms with Crippen LogP contribution in [0.25, 0.3) is 0 Å². The van der Waals surface area contributed by atoms with E-state index in [1.807, 2.05) is 0 Å². The molecule has 1 unspecified atom stereocenters. The van der Waals surface area contributed by atoms with Gasteiger partial charge >= 0.3 is 0 Å². The van der Waals surface area contributed by atoms with Crippen molar-refractivity contribution in [2.45, 2.75) is 26.3 Å². The van der Waals surface area contributed by atoms with Gasteiger partial charge in [0.05, 0.1) is 0 Å². The SMILES string of the molecule is CNC(=O)CC(CN)N(CCN(C)C)CC(C)C. The number of likely N-dealkylation sites (N-methyl/N-ethyl adjacent to an activating group) is 1. The third-order valence-corrected chi connectivity index (χ3v) is 2.92. The van der Waals surface area contributed by atoms with Crippen molar-refractivity contribution in [2.24, 2.45) is 11.7 Å². The first-order valence-electron chi connectivity index (χ1n) is 6.70. The van der Waals surface area contributed by atoms with Crippen molar-refractivity contribution in [3.8, 4) is 0 Å². The molecule has 5 heteroatoms. The Bertz CT molecular complexity index is 231. The van der Waals surface area contributed by atoms with Crippen molar-refractivity contribution in [1.29, 1.82) is 0 Å². The molecule has 5 nitrogen and oxygen atoms in total. The number of nitrogens with one attached hydrogen (secondary N) is 1. The number of rotatable bonds is 9. The Kier molecular flexibility index (Phi) is 8.97. The molecule has 0 heterocycles. The van der Waals surface area contributed by atoms with Crippen LogP contribution in [0.3, 0.4) is 0 Å². The average Bonchev–Trinajstić information content (AvgIpc) is 2.30. The number of amides is 1. The molecule has 0 bridgehead atoms. The summed E-state index contributed by atoms with van der Waals surface area (Å²) < 4.78 is 0. The van der Waals surface area contributed by atoms with Gasteiger partial charge in [0.1, 0.15) is 0 Å². The van der Waals surface area contributed by atoms with Gasteiger partial charge in [0, 0.05) is 45.7 Å². The van der Waals surface area contributed by atoms with Crippen molar-refractivity contribution < 1.29 is 4.79 Å². The predicted octanol–water partition coefficient (Wildman–Crippen LogP) is -0.0306. The Morgan fingerprint density at radius 2 is 1.89 bits per heavy atom. The van der Waals surface area contributed by atoms with Crippen LogP contribution in [-0.2, 0) is 4.79 Å². The van der Waals surface area contributed by atoms with Crippen LogP contribution in [0, 0.1) is 5.92 Å². The summed E-state index contributed by atoms with van der Waals surface area (Å²) >= 11 is 0. The molecule has 0 aliphatic rings. The van der Waals surface area contributed by atoms with Gasteiger partial charge in [-0.1, -0.05) is 13.8 Å². The second kappa shape index (κ2) is 9.30. The van der Waals surface area contributed by atoms with E-state index >= 15 is 0 Å². The molecule has 0 aliphatic carbocycles. The third-order valence-electron chi connectivity index (χ3n) is 2.92. The number of hydrogen-bond acceptors (Lipinski definition) is 4. The summed E-state index contributed by atoms with van der Waals surface area (Å²) in [5.41, 5.74) is 5.82. The maximum absolute atomic E-state index is 11.5. The van der Waals surface area contributed by atoms with Crippen LogP contribution in [0.5, 0.6) is 0 Å². The van der Waals surface area contributed by atoms with E-state index in [9.17, 15) is 4.79 Å². The Labute approximate surface area is 112 Å². The van der Waals surface area contributed by atoms with E-state index in [-0.39, 0.29) is 11.9 Å². The highest BCUT2D eigenvalue weighted by Crippen LogP contribution is 2.07. The lowest BCUT2D eigenvalue weighted by molar-refractivity contribution is -0.121. The maximum Gasteiger partial charge on any atom is 0.221 e. The number of carbonyl (C=O) groups excluding carboxylic acids is 1. The van der Waals surface area contributed by atoms with Crippen LogP contribution in [0.2, 0.25) is 0 Å². The normalized spacial score (nSPS) is 13.4. The minimum Gasteiger partial charge on any atom is -0.359 e. The van der Waals surface area contributed by atoms with Gasteiger partial charge in [-0.25, -0.2) is 0 Å². The molecular formula is C13H30N4O. The zero-order valence-electron chi connectivity index (χ0n) is 12.6. The molecule has 0 fully saturated rings. The van der Waals surface area contributed by atoms with Crippen LogP contribution >= 0.6 is 0 Å². The van der Waals surface area contributed by atoms with Crippen molar-refractivity contribution in [1.82, 2.24) is 15.1 Å². The number of hydrogen-bond donors (Lipinski definition) is 2. The molecule has 0 aliphatic heterocycles. The fourth-order valence-electron chi connectivity index (χ4n) is 1.90. The second-order valence-corrected chi connectivity index (χ2v) is 5.46. The first kappa shape index (κ1) is 17.4. The molecule has 0 radical (unpaired) electrons. The van der Waals surface area contributed by atoms with Crippen LogP contribution < -0.4 is 11.1 Å². The molecule has 0 spiro atoms. The number of carbonyl (C=O) groups is 1. The van der Waals surface area contributed by atoms with Gasteiger partial charge in [-0.2, -0.15) is 0 Å². The van der Waals surface area contributed by atoms with E-state index in [4.69, 9.17) is 5.73 Å². The van der Waals surface area contributed by atoms with Gasteiger partial charge in [-0.05, 0) is 20.0 Å². The fraction of sp³-hybridized carbons (Fsp3) is 0.923. The zero-order valence-corrected chi connectivity index (χ0v) is 12.6. The molecule has 0 saturated heterocycles. The van der Waals surface area contributed by atoms with E-state index in [2.05, 4.69) is 43.1 Å². The highest BCUT2D eigenvalue weighted by Gasteiger charge is 2.20. The summed E-state index contributed by atoms with van der Waals surface area (Å²) in [6.07, 6.45) is 0.479. The van der Waals surface area contributed by atoms with E-state index in [1.165, 1.54) is 0 Å². The largest absolute Gasteiger partial charge is 0.359 e. The Balaban J connectivity index is 4.50. The van der Waals surface area contributed by atoms with Crippen LogP contribution in [0.15, 0.2) is 0 Å². The van der Waals surface area contributed by atoms with Crippen molar-refractivity contribution >= 4 is 5.91 Å². The van der Waals surface area contributed by atoms with Crippen LogP contribution in [0.1, 0.15) is 20.3 Å². The van der Waals surface area contributed by atoms with Gasteiger partial charge < -0.3 is 16.0 Å². The molecule has 18 heavy (non-hydrogen) atoms. The average molecular weight is 258 g/mol. The standard InChI is InChI=1S/C13H30N4O/c1-11(2)10-17(7-6-16(4)5)12(9-14)8-13(18)15-3/h11-12H,6-10,14H2,1-5H3,(H,15,18). The Hall–Kier alpha value is -0.650. The van der Waals surface area contributed by atoms with Crippen LogP contribution in [0.4, 0.5) is 0 Å². The van der Waals surface area contributed by atoms with Gasteiger partial charge in [0.25, 0.3) is 0 Å². The first-order chi connectivity index (χ1) is 8.40. The van der Waals surface area contributed by atoms with E-state index < -0.39 is 0 Å². The Morgan fingerprint density at radius 1 is 1.28 bits per heavy atom. The van der Waals surface area contributed by atoms with Crippen molar-refractivity contribution in [3.05, 3.63) is 0 Å². The van der Waals surface area contributed by atoms with Gasteiger partial charge in [0.2, 0.25) is 5.91 Å². The lowest BCUT2D eigenvalue weighted by Crippen LogP contribution is -2.47. The summed E-state index contributed by atoms with van der Waals surface area (Å²) in [6.45, 7) is 7.81. The molecule has 0 aromatic heterocycles. The van der Waals surface area contributed by atoms with E-state index in [1.54, 1.807) is 7.05 Å². The molecule has 108 valence electrons. The lowest BCUT2D eigenvalue weighted by Gasteiger charge is -2.32. The van der Waals surface area contributed by atoms with Gasteiger partial charge in [-0.15, -0.1) is 0 Å². The monoisotopic (exact) mass is 258 g/mol. The summed E-state index contributed by atoms with van der Waals surface area (Å²) in [7, 11) is 5.79. The summed E-state index contributed by atoms with van der Waals surface area (Å²) in [6, 6.07) is 0.132. The van der Waals surface area contributed by atoms with E-state index in [0.29, 0.717) is 18.9 Å². The summed E-state index contributed by atoms with van der Waals surface area (Å²) in [4.78, 5) is 16.0. The minimum atomic E-state index is 0.0593. The highest BCUT2D eigenvalue weighted by atomic mass is 16.1. The van der Waals surface area contributed by atoms with Crippen molar-refractivity contribution in [3.63, 3.8) is 0 Å². The molecule has 3 N–H and O–H groups in total. The molecular weight excluding hydrogens is 228 g/mol. The predicted molar refractivity (Wildman–Crippen MR) is 76.5 cm³/mol. The molecule has 0 aromatic rings. The topological polar surface area (TPSA) is 61.6 Å². The van der Waals surface area contributed by atoms with Crippen molar-refractivity contribution in [2.75, 3.05) is 47.3 Å². The summed E-state index contributed by atoms with van der Waals surface area (Å²) in [5, 5.41) is 2.67. The quantitative estimate of drug-likeness (QED) is 0.610. The summed E-state index contributed by atoms with van der Waals surface area (Å²) in [5.74, 6) is 0.634. The molecule has 1 atom stereocenters. The number of nitrogens with zero attached hydrogens (tertiary/aromatic N) is 2.